The molecule has 16 heavy (non-hydrogen) atoms. The molecule has 5 nitrogen and oxygen atoms in total. The van der Waals surface area contributed by atoms with Crippen molar-refractivity contribution in [1.82, 2.24) is 4.98 Å². The second-order valence-electron chi connectivity index (χ2n) is 3.85. The van der Waals surface area contributed by atoms with Crippen molar-refractivity contribution in [1.29, 1.82) is 0 Å². The highest BCUT2D eigenvalue weighted by atomic mass is 16.5. The lowest BCUT2D eigenvalue weighted by Gasteiger charge is -2.32. The first-order valence-electron chi connectivity index (χ1n) is 5.46. The number of hydrogen-bond donors (Lipinski definition) is 2. The number of morpholine rings is 1. The Morgan fingerprint density at radius 2 is 2.44 bits per heavy atom. The number of rotatable bonds is 3. The van der Waals surface area contributed by atoms with E-state index in [0.717, 1.165) is 17.9 Å². The lowest BCUT2D eigenvalue weighted by atomic mass is 10.2. The van der Waals surface area contributed by atoms with Crippen LogP contribution in [0, 0.1) is 0 Å². The van der Waals surface area contributed by atoms with E-state index in [4.69, 9.17) is 15.6 Å². The van der Waals surface area contributed by atoms with Crippen LogP contribution in [-0.2, 0) is 11.3 Å². The minimum absolute atomic E-state index is 0.0530. The molecule has 1 aliphatic heterocycles. The molecule has 1 atom stereocenters. The molecule has 1 aliphatic rings. The number of anilines is 1. The van der Waals surface area contributed by atoms with Gasteiger partial charge in [-0.1, -0.05) is 6.07 Å². The molecule has 1 saturated heterocycles. The number of nitrogens with zero attached hydrogens (tertiary/aromatic N) is 2. The summed E-state index contributed by atoms with van der Waals surface area (Å²) >= 11 is 0. The zero-order valence-electron chi connectivity index (χ0n) is 9.17. The number of aromatic nitrogens is 1. The molecule has 0 bridgehead atoms. The number of ether oxygens (including phenoxy) is 1. The molecule has 1 aromatic heterocycles. The summed E-state index contributed by atoms with van der Waals surface area (Å²) in [6.07, 6.45) is 1.68. The number of aliphatic hydroxyl groups excluding tert-OH is 1. The summed E-state index contributed by atoms with van der Waals surface area (Å²) in [6.45, 7) is 2.69. The van der Waals surface area contributed by atoms with Gasteiger partial charge in [-0.25, -0.2) is 4.98 Å². The molecule has 1 unspecified atom stereocenters. The van der Waals surface area contributed by atoms with Crippen molar-refractivity contribution < 1.29 is 9.84 Å². The van der Waals surface area contributed by atoms with Gasteiger partial charge in [0.1, 0.15) is 5.82 Å². The third-order valence-corrected chi connectivity index (χ3v) is 2.71. The predicted octanol–water partition coefficient (Wildman–Crippen LogP) is -0.262. The summed E-state index contributed by atoms with van der Waals surface area (Å²) in [6, 6.07) is 3.94. The molecule has 0 amide bonds. The van der Waals surface area contributed by atoms with Crippen molar-refractivity contribution in [2.24, 2.45) is 5.73 Å². The van der Waals surface area contributed by atoms with Gasteiger partial charge in [0, 0.05) is 25.8 Å². The summed E-state index contributed by atoms with van der Waals surface area (Å²) in [7, 11) is 0. The molecule has 1 aromatic rings. The SMILES string of the molecule is NCc1ccc(N2CCOC(CO)C2)nc1. The van der Waals surface area contributed by atoms with Crippen LogP contribution in [0.3, 0.4) is 0 Å². The smallest absolute Gasteiger partial charge is 0.128 e. The Bertz CT molecular complexity index is 329. The van der Waals surface area contributed by atoms with Crippen molar-refractivity contribution in [3.05, 3.63) is 23.9 Å². The molecule has 0 radical (unpaired) electrons. The van der Waals surface area contributed by atoms with Gasteiger partial charge < -0.3 is 20.5 Å². The van der Waals surface area contributed by atoms with Crippen LogP contribution in [0.2, 0.25) is 0 Å². The van der Waals surface area contributed by atoms with E-state index in [0.29, 0.717) is 19.7 Å². The monoisotopic (exact) mass is 223 g/mol. The van der Waals surface area contributed by atoms with Gasteiger partial charge in [-0.2, -0.15) is 0 Å². The van der Waals surface area contributed by atoms with Gasteiger partial charge in [0.15, 0.2) is 0 Å². The Hall–Kier alpha value is -1.17. The van der Waals surface area contributed by atoms with Gasteiger partial charge in [0.25, 0.3) is 0 Å². The number of aliphatic hydroxyl groups is 1. The van der Waals surface area contributed by atoms with E-state index in [9.17, 15) is 0 Å². The molecule has 88 valence electrons. The first-order chi connectivity index (χ1) is 7.83. The van der Waals surface area contributed by atoms with Gasteiger partial charge in [-0.15, -0.1) is 0 Å². The number of pyridine rings is 1. The maximum Gasteiger partial charge on any atom is 0.128 e. The van der Waals surface area contributed by atoms with Crippen molar-refractivity contribution in [2.75, 3.05) is 31.2 Å². The van der Waals surface area contributed by atoms with Gasteiger partial charge in [-0.05, 0) is 11.6 Å². The van der Waals surface area contributed by atoms with Crippen LogP contribution in [0.1, 0.15) is 5.56 Å². The van der Waals surface area contributed by atoms with E-state index in [1.54, 1.807) is 6.20 Å². The highest BCUT2D eigenvalue weighted by Gasteiger charge is 2.20. The summed E-state index contributed by atoms with van der Waals surface area (Å²) in [5.41, 5.74) is 6.54. The lowest BCUT2D eigenvalue weighted by molar-refractivity contribution is 0.00336. The maximum atomic E-state index is 9.05. The molecular formula is C11H17N3O2. The van der Waals surface area contributed by atoms with E-state index in [-0.39, 0.29) is 12.7 Å². The predicted molar refractivity (Wildman–Crippen MR) is 61.2 cm³/mol. The Morgan fingerprint density at radius 1 is 1.56 bits per heavy atom. The van der Waals surface area contributed by atoms with Crippen LogP contribution in [0.4, 0.5) is 5.82 Å². The number of nitrogens with two attached hydrogens (primary N) is 1. The standard InChI is InChI=1S/C11H17N3O2/c12-5-9-1-2-11(13-6-9)14-3-4-16-10(7-14)8-15/h1-2,6,10,15H,3-5,7-8,12H2. The Kier molecular flexibility index (Phi) is 3.71. The second kappa shape index (κ2) is 5.25. The quantitative estimate of drug-likeness (QED) is 0.738. The summed E-state index contributed by atoms with van der Waals surface area (Å²) in [4.78, 5) is 6.47. The van der Waals surface area contributed by atoms with E-state index in [1.165, 1.54) is 0 Å². The van der Waals surface area contributed by atoms with Gasteiger partial charge in [-0.3, -0.25) is 0 Å². The summed E-state index contributed by atoms with van der Waals surface area (Å²) < 4.78 is 5.38. The van der Waals surface area contributed by atoms with E-state index in [1.807, 2.05) is 12.1 Å². The Morgan fingerprint density at radius 3 is 3.06 bits per heavy atom. The molecular weight excluding hydrogens is 206 g/mol. The highest BCUT2D eigenvalue weighted by molar-refractivity contribution is 5.39. The van der Waals surface area contributed by atoms with E-state index in [2.05, 4.69) is 9.88 Å². The summed E-state index contributed by atoms with van der Waals surface area (Å²) in [5.74, 6) is 0.916. The largest absolute Gasteiger partial charge is 0.394 e. The topological polar surface area (TPSA) is 71.6 Å². The first-order valence-corrected chi connectivity index (χ1v) is 5.46. The molecule has 0 aliphatic carbocycles. The van der Waals surface area contributed by atoms with Gasteiger partial charge >= 0.3 is 0 Å². The van der Waals surface area contributed by atoms with Crippen LogP contribution < -0.4 is 10.6 Å². The zero-order valence-corrected chi connectivity index (χ0v) is 9.17. The second-order valence-corrected chi connectivity index (χ2v) is 3.85. The van der Waals surface area contributed by atoms with Crippen LogP contribution in [0.5, 0.6) is 0 Å². The van der Waals surface area contributed by atoms with Crippen LogP contribution in [0.25, 0.3) is 0 Å². The molecule has 3 N–H and O–H groups in total. The molecule has 0 aromatic carbocycles. The van der Waals surface area contributed by atoms with Crippen LogP contribution >= 0.6 is 0 Å². The van der Waals surface area contributed by atoms with Crippen LogP contribution in [-0.4, -0.2) is 42.5 Å². The molecule has 2 rings (SSSR count). The highest BCUT2D eigenvalue weighted by Crippen LogP contribution is 2.15. The zero-order chi connectivity index (χ0) is 11.4. The molecule has 5 heteroatoms. The van der Waals surface area contributed by atoms with Crippen LogP contribution in [0.15, 0.2) is 18.3 Å². The molecule has 0 saturated carbocycles. The lowest BCUT2D eigenvalue weighted by Crippen LogP contribution is -2.44. The molecule has 2 heterocycles. The average molecular weight is 223 g/mol. The number of hydrogen-bond acceptors (Lipinski definition) is 5. The van der Waals surface area contributed by atoms with Gasteiger partial charge in [0.05, 0.1) is 19.3 Å². The molecule has 0 spiro atoms. The van der Waals surface area contributed by atoms with E-state index >= 15 is 0 Å². The summed E-state index contributed by atoms with van der Waals surface area (Å²) in [5, 5.41) is 9.05. The maximum absolute atomic E-state index is 9.05. The fourth-order valence-electron chi connectivity index (χ4n) is 1.76. The minimum atomic E-state index is -0.107. The van der Waals surface area contributed by atoms with Crippen molar-refractivity contribution in [2.45, 2.75) is 12.6 Å². The average Bonchev–Trinajstić information content (AvgIpc) is 2.39. The normalized spacial score (nSPS) is 21.1. The van der Waals surface area contributed by atoms with Crippen molar-refractivity contribution in [3.63, 3.8) is 0 Å². The minimum Gasteiger partial charge on any atom is -0.394 e. The first kappa shape index (κ1) is 11.3. The van der Waals surface area contributed by atoms with E-state index < -0.39 is 0 Å². The Balaban J connectivity index is 2.05. The third-order valence-electron chi connectivity index (χ3n) is 2.71. The fraction of sp³-hybridized carbons (Fsp3) is 0.545. The third kappa shape index (κ3) is 2.49. The molecule has 1 fully saturated rings. The van der Waals surface area contributed by atoms with Crippen molar-refractivity contribution in [3.8, 4) is 0 Å². The van der Waals surface area contributed by atoms with Gasteiger partial charge in [0.2, 0.25) is 0 Å². The Labute approximate surface area is 94.8 Å². The van der Waals surface area contributed by atoms with Crippen molar-refractivity contribution >= 4 is 5.82 Å². The fourth-order valence-corrected chi connectivity index (χ4v) is 1.76.